The number of aliphatic imine (C=N–C) groups is 1. The largest absolute Gasteiger partial charge is 0.494 e. The zero-order valence-corrected chi connectivity index (χ0v) is 17.0. The van der Waals surface area contributed by atoms with Crippen molar-refractivity contribution < 1.29 is 19.3 Å². The van der Waals surface area contributed by atoms with Crippen LogP contribution in [0.3, 0.4) is 0 Å². The van der Waals surface area contributed by atoms with Crippen molar-refractivity contribution in [3.8, 4) is 17.2 Å². The van der Waals surface area contributed by atoms with E-state index in [1.54, 1.807) is 36.4 Å². The third-order valence-corrected chi connectivity index (χ3v) is 4.28. The second-order valence-electron chi connectivity index (χ2n) is 6.14. The molecule has 0 spiro atoms. The molecule has 0 unspecified atom stereocenters. The monoisotopic (exact) mass is 441 g/mol. The quantitative estimate of drug-likeness (QED) is 0.237. The summed E-state index contributed by atoms with van der Waals surface area (Å²) in [6.45, 7) is 2.45. The molecule has 158 valence electrons. The van der Waals surface area contributed by atoms with E-state index in [0.29, 0.717) is 22.9 Å². The molecular formula is C21H16ClN3O6. The predicted octanol–water partition coefficient (Wildman–Crippen LogP) is 6.10. The maximum atomic E-state index is 11.4. The van der Waals surface area contributed by atoms with Gasteiger partial charge in [-0.3, -0.25) is 25.2 Å². The van der Waals surface area contributed by atoms with Gasteiger partial charge in [0.2, 0.25) is 5.75 Å². The number of ether oxygens (including phenoxy) is 2. The molecule has 0 aliphatic rings. The molecule has 0 N–H and O–H groups in total. The Hall–Kier alpha value is -3.98. The standard InChI is InChI=1S/C21H16ClN3O6/c1-2-30-18-7-4-16(5-8-18)23-13-14-11-15(22)3-9-20(14)31-21-10-6-17(24(26)27)12-19(21)25(28)29/h3-13H,2H2,1H3. The Morgan fingerprint density at radius 2 is 1.68 bits per heavy atom. The van der Waals surface area contributed by atoms with Gasteiger partial charge in [-0.1, -0.05) is 11.6 Å². The molecule has 0 saturated carbocycles. The summed E-state index contributed by atoms with van der Waals surface area (Å²) >= 11 is 6.08. The molecule has 3 aromatic rings. The van der Waals surface area contributed by atoms with Crippen LogP contribution in [-0.4, -0.2) is 22.7 Å². The molecule has 0 atom stereocenters. The van der Waals surface area contributed by atoms with Crippen LogP contribution >= 0.6 is 11.6 Å². The first-order chi connectivity index (χ1) is 14.9. The van der Waals surface area contributed by atoms with Crippen LogP contribution in [0.2, 0.25) is 5.02 Å². The fraction of sp³-hybridized carbons (Fsp3) is 0.0952. The number of rotatable bonds is 8. The summed E-state index contributed by atoms with van der Waals surface area (Å²) in [5.74, 6) is 0.823. The molecule has 10 heteroatoms. The first kappa shape index (κ1) is 21.7. The molecule has 0 aliphatic carbocycles. The van der Waals surface area contributed by atoms with E-state index in [-0.39, 0.29) is 11.5 Å². The Bertz CT molecular complexity index is 1150. The number of nitro benzene ring substituents is 2. The summed E-state index contributed by atoms with van der Waals surface area (Å²) in [6.07, 6.45) is 1.51. The summed E-state index contributed by atoms with van der Waals surface area (Å²) in [5.41, 5.74) is 0.177. The molecule has 0 saturated heterocycles. The number of non-ortho nitro benzene ring substituents is 1. The normalized spacial score (nSPS) is 10.8. The lowest BCUT2D eigenvalue weighted by atomic mass is 10.2. The Morgan fingerprint density at radius 3 is 2.32 bits per heavy atom. The average Bonchev–Trinajstić information content (AvgIpc) is 2.75. The summed E-state index contributed by atoms with van der Waals surface area (Å²) in [7, 11) is 0. The second-order valence-corrected chi connectivity index (χ2v) is 6.57. The lowest BCUT2D eigenvalue weighted by Crippen LogP contribution is -1.97. The van der Waals surface area contributed by atoms with E-state index in [2.05, 4.69) is 4.99 Å². The van der Waals surface area contributed by atoms with Gasteiger partial charge in [0.15, 0.2) is 0 Å². The fourth-order valence-electron chi connectivity index (χ4n) is 2.62. The summed E-state index contributed by atoms with van der Waals surface area (Å²) < 4.78 is 11.1. The van der Waals surface area contributed by atoms with Gasteiger partial charge in [0, 0.05) is 22.9 Å². The Morgan fingerprint density at radius 1 is 0.968 bits per heavy atom. The van der Waals surface area contributed by atoms with E-state index >= 15 is 0 Å². The highest BCUT2D eigenvalue weighted by molar-refractivity contribution is 6.30. The van der Waals surface area contributed by atoms with Crippen molar-refractivity contribution in [3.63, 3.8) is 0 Å². The van der Waals surface area contributed by atoms with Crippen LogP contribution in [0.4, 0.5) is 17.1 Å². The van der Waals surface area contributed by atoms with Crippen molar-refractivity contribution in [2.45, 2.75) is 6.92 Å². The van der Waals surface area contributed by atoms with Crippen LogP contribution < -0.4 is 9.47 Å². The molecule has 0 heterocycles. The van der Waals surface area contributed by atoms with E-state index < -0.39 is 21.2 Å². The molecule has 3 rings (SSSR count). The van der Waals surface area contributed by atoms with E-state index in [9.17, 15) is 20.2 Å². The van der Waals surface area contributed by atoms with Gasteiger partial charge in [0.25, 0.3) is 5.69 Å². The van der Waals surface area contributed by atoms with Crippen LogP contribution in [0.5, 0.6) is 17.2 Å². The highest BCUT2D eigenvalue weighted by Gasteiger charge is 2.21. The van der Waals surface area contributed by atoms with Crippen LogP contribution in [0.15, 0.2) is 65.7 Å². The number of hydrogen-bond acceptors (Lipinski definition) is 7. The number of benzene rings is 3. The maximum absolute atomic E-state index is 11.4. The predicted molar refractivity (Wildman–Crippen MR) is 116 cm³/mol. The summed E-state index contributed by atoms with van der Waals surface area (Å²) in [4.78, 5) is 25.2. The lowest BCUT2D eigenvalue weighted by Gasteiger charge is -2.09. The van der Waals surface area contributed by atoms with Crippen molar-refractivity contribution in [3.05, 3.63) is 91.5 Å². The molecule has 0 radical (unpaired) electrons. The first-order valence-electron chi connectivity index (χ1n) is 9.04. The zero-order chi connectivity index (χ0) is 22.4. The van der Waals surface area contributed by atoms with E-state index in [4.69, 9.17) is 21.1 Å². The minimum Gasteiger partial charge on any atom is -0.494 e. The number of halogens is 1. The van der Waals surface area contributed by atoms with Gasteiger partial charge in [-0.2, -0.15) is 0 Å². The van der Waals surface area contributed by atoms with Crippen molar-refractivity contribution in [2.24, 2.45) is 4.99 Å². The molecule has 31 heavy (non-hydrogen) atoms. The van der Waals surface area contributed by atoms with Gasteiger partial charge in [0.05, 0.1) is 28.2 Å². The van der Waals surface area contributed by atoms with Crippen LogP contribution in [0.25, 0.3) is 0 Å². The summed E-state index contributed by atoms with van der Waals surface area (Å²) in [5, 5.41) is 22.7. The number of nitro groups is 2. The highest BCUT2D eigenvalue weighted by Crippen LogP contribution is 2.36. The Kier molecular flexibility index (Phi) is 6.78. The van der Waals surface area contributed by atoms with Gasteiger partial charge in [-0.25, -0.2) is 0 Å². The van der Waals surface area contributed by atoms with Gasteiger partial charge >= 0.3 is 5.69 Å². The fourth-order valence-corrected chi connectivity index (χ4v) is 2.80. The minimum atomic E-state index is -0.744. The summed E-state index contributed by atoms with van der Waals surface area (Å²) in [6, 6.07) is 14.9. The molecule has 9 nitrogen and oxygen atoms in total. The highest BCUT2D eigenvalue weighted by atomic mass is 35.5. The first-order valence-corrected chi connectivity index (χ1v) is 9.42. The molecule has 0 bridgehead atoms. The van der Waals surface area contributed by atoms with Crippen LogP contribution in [0.1, 0.15) is 12.5 Å². The van der Waals surface area contributed by atoms with Crippen molar-refractivity contribution in [1.82, 2.24) is 0 Å². The van der Waals surface area contributed by atoms with Crippen molar-refractivity contribution in [2.75, 3.05) is 6.61 Å². The molecular weight excluding hydrogens is 426 g/mol. The van der Waals surface area contributed by atoms with Gasteiger partial charge in [-0.15, -0.1) is 0 Å². The van der Waals surface area contributed by atoms with E-state index in [1.807, 2.05) is 6.92 Å². The molecule has 0 aliphatic heterocycles. The maximum Gasteiger partial charge on any atom is 0.318 e. The van der Waals surface area contributed by atoms with E-state index in [1.165, 1.54) is 18.3 Å². The zero-order valence-electron chi connectivity index (χ0n) is 16.2. The third kappa shape index (κ3) is 5.55. The molecule has 3 aromatic carbocycles. The lowest BCUT2D eigenvalue weighted by molar-refractivity contribution is -0.394. The van der Waals surface area contributed by atoms with Crippen molar-refractivity contribution in [1.29, 1.82) is 0 Å². The second kappa shape index (κ2) is 9.68. The Labute approximate surface area is 181 Å². The number of nitrogens with zero attached hydrogens (tertiary/aromatic N) is 3. The average molecular weight is 442 g/mol. The molecule has 0 aromatic heterocycles. The minimum absolute atomic E-state index is 0.145. The Balaban J connectivity index is 1.92. The SMILES string of the molecule is CCOc1ccc(N=Cc2cc(Cl)ccc2Oc2ccc([N+](=O)[O-])cc2[N+](=O)[O-])cc1. The number of hydrogen-bond donors (Lipinski definition) is 0. The van der Waals surface area contributed by atoms with Gasteiger partial charge in [0.1, 0.15) is 11.5 Å². The smallest absolute Gasteiger partial charge is 0.318 e. The van der Waals surface area contributed by atoms with Crippen LogP contribution in [-0.2, 0) is 0 Å². The third-order valence-electron chi connectivity index (χ3n) is 4.04. The van der Waals surface area contributed by atoms with Gasteiger partial charge in [-0.05, 0) is 55.5 Å². The van der Waals surface area contributed by atoms with Crippen LogP contribution in [0, 0.1) is 20.2 Å². The topological polar surface area (TPSA) is 117 Å². The van der Waals surface area contributed by atoms with E-state index in [0.717, 1.165) is 17.9 Å². The molecule has 0 fully saturated rings. The van der Waals surface area contributed by atoms with Crippen molar-refractivity contribution >= 4 is 34.9 Å². The molecule has 0 amide bonds. The van der Waals surface area contributed by atoms with Gasteiger partial charge < -0.3 is 9.47 Å².